The standard InChI is InChI=1S/C9H18N2O3S/c1-7(2)15(13,14)11-6-5-10-8(12)9(11,3)4/h7H,5-6H2,1-4H3,(H,10,12). The lowest BCUT2D eigenvalue weighted by Crippen LogP contribution is -2.64. The Morgan fingerprint density at radius 2 is 1.93 bits per heavy atom. The van der Waals surface area contributed by atoms with Gasteiger partial charge in [0.15, 0.2) is 0 Å². The molecular weight excluding hydrogens is 216 g/mol. The molecule has 1 fully saturated rings. The Hall–Kier alpha value is -0.620. The molecule has 1 aliphatic rings. The van der Waals surface area contributed by atoms with Gasteiger partial charge in [-0.3, -0.25) is 4.79 Å². The Bertz CT molecular complexity index is 360. The molecule has 0 aliphatic carbocycles. The van der Waals surface area contributed by atoms with Gasteiger partial charge in [-0.1, -0.05) is 0 Å². The average Bonchev–Trinajstić information content (AvgIpc) is 2.09. The van der Waals surface area contributed by atoms with Crippen LogP contribution in [0.25, 0.3) is 0 Å². The van der Waals surface area contributed by atoms with Gasteiger partial charge in [0, 0.05) is 13.1 Å². The fraction of sp³-hybridized carbons (Fsp3) is 0.889. The van der Waals surface area contributed by atoms with Gasteiger partial charge in [-0.2, -0.15) is 4.31 Å². The van der Waals surface area contributed by atoms with Crippen LogP contribution in [-0.4, -0.2) is 42.5 Å². The molecule has 1 saturated heterocycles. The molecule has 0 unspecified atom stereocenters. The summed E-state index contributed by atoms with van der Waals surface area (Å²) in [6.07, 6.45) is 0. The van der Waals surface area contributed by atoms with Crippen LogP contribution >= 0.6 is 0 Å². The summed E-state index contributed by atoms with van der Waals surface area (Å²) in [5, 5.41) is 2.17. The van der Waals surface area contributed by atoms with Crippen molar-refractivity contribution in [2.24, 2.45) is 0 Å². The van der Waals surface area contributed by atoms with Crippen LogP contribution in [0.1, 0.15) is 27.7 Å². The first kappa shape index (κ1) is 12.4. The van der Waals surface area contributed by atoms with E-state index in [0.717, 1.165) is 0 Å². The van der Waals surface area contributed by atoms with Crippen LogP contribution < -0.4 is 5.32 Å². The minimum Gasteiger partial charge on any atom is -0.353 e. The number of rotatable bonds is 2. The van der Waals surface area contributed by atoms with Gasteiger partial charge in [-0.15, -0.1) is 0 Å². The molecular formula is C9H18N2O3S. The number of amides is 1. The molecule has 0 spiro atoms. The average molecular weight is 234 g/mol. The molecule has 15 heavy (non-hydrogen) atoms. The summed E-state index contributed by atoms with van der Waals surface area (Å²) in [5.74, 6) is -0.238. The van der Waals surface area contributed by atoms with Crippen LogP contribution in [0.2, 0.25) is 0 Å². The lowest BCUT2D eigenvalue weighted by molar-refractivity contribution is -0.131. The molecule has 0 aromatic rings. The molecule has 5 nitrogen and oxygen atoms in total. The minimum atomic E-state index is -3.37. The van der Waals surface area contributed by atoms with Crippen molar-refractivity contribution in [2.75, 3.05) is 13.1 Å². The molecule has 0 radical (unpaired) electrons. The number of hydrogen-bond acceptors (Lipinski definition) is 3. The molecule has 1 heterocycles. The van der Waals surface area contributed by atoms with E-state index in [2.05, 4.69) is 5.32 Å². The molecule has 88 valence electrons. The number of nitrogens with one attached hydrogen (secondary N) is 1. The SMILES string of the molecule is CC(C)S(=O)(=O)N1CCNC(=O)C1(C)C. The Labute approximate surface area is 90.9 Å². The van der Waals surface area contributed by atoms with E-state index in [-0.39, 0.29) is 5.91 Å². The molecule has 1 rings (SSSR count). The van der Waals surface area contributed by atoms with E-state index >= 15 is 0 Å². The number of carbonyl (C=O) groups excluding carboxylic acids is 1. The van der Waals surface area contributed by atoms with Crippen molar-refractivity contribution in [3.8, 4) is 0 Å². The summed E-state index contributed by atoms with van der Waals surface area (Å²) in [5.41, 5.74) is -0.985. The largest absolute Gasteiger partial charge is 0.353 e. The fourth-order valence-electron chi connectivity index (χ4n) is 1.58. The Morgan fingerprint density at radius 3 is 2.40 bits per heavy atom. The maximum Gasteiger partial charge on any atom is 0.241 e. The first-order valence-electron chi connectivity index (χ1n) is 5.00. The topological polar surface area (TPSA) is 66.5 Å². The van der Waals surface area contributed by atoms with Gasteiger partial charge in [0.05, 0.1) is 5.25 Å². The highest BCUT2D eigenvalue weighted by Gasteiger charge is 2.45. The van der Waals surface area contributed by atoms with Crippen molar-refractivity contribution in [1.29, 1.82) is 0 Å². The Balaban J connectivity index is 3.10. The zero-order valence-electron chi connectivity index (χ0n) is 9.57. The monoisotopic (exact) mass is 234 g/mol. The summed E-state index contributed by atoms with van der Waals surface area (Å²) in [4.78, 5) is 11.6. The summed E-state index contributed by atoms with van der Waals surface area (Å²) in [7, 11) is -3.37. The van der Waals surface area contributed by atoms with E-state index in [1.807, 2.05) is 0 Å². The molecule has 0 aromatic heterocycles. The van der Waals surface area contributed by atoms with Crippen molar-refractivity contribution < 1.29 is 13.2 Å². The highest BCUT2D eigenvalue weighted by atomic mass is 32.2. The van der Waals surface area contributed by atoms with E-state index in [1.165, 1.54) is 4.31 Å². The van der Waals surface area contributed by atoms with Crippen LogP contribution in [0.5, 0.6) is 0 Å². The highest BCUT2D eigenvalue weighted by molar-refractivity contribution is 7.89. The quantitative estimate of drug-likeness (QED) is 0.727. The molecule has 1 aliphatic heterocycles. The number of carbonyl (C=O) groups is 1. The van der Waals surface area contributed by atoms with E-state index in [4.69, 9.17) is 0 Å². The van der Waals surface area contributed by atoms with Gasteiger partial charge in [0.25, 0.3) is 0 Å². The van der Waals surface area contributed by atoms with Gasteiger partial charge in [-0.25, -0.2) is 8.42 Å². The Kier molecular flexibility index (Phi) is 3.11. The van der Waals surface area contributed by atoms with Gasteiger partial charge in [0.1, 0.15) is 5.54 Å². The van der Waals surface area contributed by atoms with Crippen molar-refractivity contribution >= 4 is 15.9 Å². The van der Waals surface area contributed by atoms with Crippen molar-refractivity contribution in [2.45, 2.75) is 38.5 Å². The predicted octanol–water partition coefficient (Wildman–Crippen LogP) is -0.0650. The third-order valence-electron chi connectivity index (χ3n) is 2.68. The number of nitrogens with zero attached hydrogens (tertiary/aromatic N) is 1. The zero-order chi connectivity index (χ0) is 11.9. The molecule has 0 bridgehead atoms. The highest BCUT2D eigenvalue weighted by Crippen LogP contribution is 2.23. The van der Waals surface area contributed by atoms with Crippen molar-refractivity contribution in [3.05, 3.63) is 0 Å². The molecule has 0 atom stereocenters. The maximum atomic E-state index is 12.0. The second-order valence-electron chi connectivity index (χ2n) is 4.48. The second kappa shape index (κ2) is 3.75. The van der Waals surface area contributed by atoms with Crippen LogP contribution in [0.4, 0.5) is 0 Å². The van der Waals surface area contributed by atoms with Gasteiger partial charge in [-0.05, 0) is 27.7 Å². The predicted molar refractivity (Wildman–Crippen MR) is 57.9 cm³/mol. The molecule has 1 amide bonds. The summed E-state index contributed by atoms with van der Waals surface area (Å²) in [6.45, 7) is 7.23. The van der Waals surface area contributed by atoms with Gasteiger partial charge < -0.3 is 5.32 Å². The van der Waals surface area contributed by atoms with Crippen molar-refractivity contribution in [3.63, 3.8) is 0 Å². The summed E-state index contributed by atoms with van der Waals surface area (Å²) < 4.78 is 25.3. The third-order valence-corrected chi connectivity index (χ3v) is 5.13. The molecule has 0 aromatic carbocycles. The van der Waals surface area contributed by atoms with E-state index in [1.54, 1.807) is 27.7 Å². The summed E-state index contributed by atoms with van der Waals surface area (Å²) in [6, 6.07) is 0. The smallest absolute Gasteiger partial charge is 0.241 e. The molecule has 6 heteroatoms. The molecule has 1 N–H and O–H groups in total. The third kappa shape index (κ3) is 2.01. The van der Waals surface area contributed by atoms with E-state index in [9.17, 15) is 13.2 Å². The number of piperazine rings is 1. The number of hydrogen-bond donors (Lipinski definition) is 1. The lowest BCUT2D eigenvalue weighted by Gasteiger charge is -2.40. The zero-order valence-corrected chi connectivity index (χ0v) is 10.4. The lowest BCUT2D eigenvalue weighted by atomic mass is 10.0. The minimum absolute atomic E-state index is 0.238. The van der Waals surface area contributed by atoms with E-state index < -0.39 is 20.8 Å². The molecule has 0 saturated carbocycles. The Morgan fingerprint density at radius 1 is 1.40 bits per heavy atom. The van der Waals surface area contributed by atoms with Crippen LogP contribution in [-0.2, 0) is 14.8 Å². The van der Waals surface area contributed by atoms with Crippen LogP contribution in [0.15, 0.2) is 0 Å². The number of sulfonamides is 1. The first-order chi connectivity index (χ1) is 6.70. The first-order valence-corrected chi connectivity index (χ1v) is 6.51. The van der Waals surface area contributed by atoms with Gasteiger partial charge >= 0.3 is 0 Å². The maximum absolute atomic E-state index is 12.0. The van der Waals surface area contributed by atoms with Gasteiger partial charge in [0.2, 0.25) is 15.9 Å². The normalized spacial score (nSPS) is 22.9. The summed E-state index contributed by atoms with van der Waals surface area (Å²) >= 11 is 0. The van der Waals surface area contributed by atoms with Crippen LogP contribution in [0, 0.1) is 0 Å². The second-order valence-corrected chi connectivity index (χ2v) is 6.89. The van der Waals surface area contributed by atoms with Crippen molar-refractivity contribution in [1.82, 2.24) is 9.62 Å². The van der Waals surface area contributed by atoms with Crippen LogP contribution in [0.3, 0.4) is 0 Å². The van der Waals surface area contributed by atoms with E-state index in [0.29, 0.717) is 13.1 Å². The fourth-order valence-corrected chi connectivity index (χ4v) is 3.15.